The zero-order valence-electron chi connectivity index (χ0n) is 13.3. The standard InChI is InChI=1S/C20H15ClN4/c21-17-11-5-4-10-16(17)20-23-18(19-12-6-7-13-25(19)20)14-22-24-15-8-2-1-3-9-15/h1-14,24H/b22-14-. The molecule has 4 aromatic rings. The predicted octanol–water partition coefficient (Wildman–Crippen LogP) is 5.10. The first-order chi connectivity index (χ1) is 12.3. The summed E-state index contributed by atoms with van der Waals surface area (Å²) in [5.74, 6) is 0.794. The van der Waals surface area contributed by atoms with Gasteiger partial charge in [0.1, 0.15) is 11.5 Å². The first-order valence-electron chi connectivity index (χ1n) is 7.89. The van der Waals surface area contributed by atoms with Crippen LogP contribution in [0.25, 0.3) is 16.9 Å². The molecule has 0 aliphatic heterocycles. The van der Waals surface area contributed by atoms with E-state index < -0.39 is 0 Å². The van der Waals surface area contributed by atoms with Crippen LogP contribution in [0.4, 0.5) is 5.69 Å². The van der Waals surface area contributed by atoms with Crippen LogP contribution in [0.15, 0.2) is 84.1 Å². The van der Waals surface area contributed by atoms with E-state index in [9.17, 15) is 0 Å². The molecule has 0 saturated carbocycles. The zero-order valence-corrected chi connectivity index (χ0v) is 14.1. The molecule has 0 radical (unpaired) electrons. The molecule has 2 aromatic carbocycles. The molecular weight excluding hydrogens is 332 g/mol. The van der Waals surface area contributed by atoms with Gasteiger partial charge in [0.25, 0.3) is 0 Å². The molecule has 0 fully saturated rings. The van der Waals surface area contributed by atoms with Gasteiger partial charge < -0.3 is 0 Å². The van der Waals surface area contributed by atoms with E-state index in [0.29, 0.717) is 5.02 Å². The molecule has 0 aliphatic rings. The number of anilines is 1. The monoisotopic (exact) mass is 346 g/mol. The normalized spacial score (nSPS) is 11.2. The highest BCUT2D eigenvalue weighted by Crippen LogP contribution is 2.28. The van der Waals surface area contributed by atoms with E-state index in [-0.39, 0.29) is 0 Å². The summed E-state index contributed by atoms with van der Waals surface area (Å²) in [5.41, 5.74) is 6.57. The maximum Gasteiger partial charge on any atom is 0.146 e. The zero-order chi connectivity index (χ0) is 17.1. The topological polar surface area (TPSA) is 41.7 Å². The quantitative estimate of drug-likeness (QED) is 0.412. The van der Waals surface area contributed by atoms with Gasteiger partial charge >= 0.3 is 0 Å². The van der Waals surface area contributed by atoms with Gasteiger partial charge in [-0.1, -0.05) is 48.0 Å². The Labute approximate surface area is 150 Å². The number of nitrogens with zero attached hydrogens (tertiary/aromatic N) is 3. The van der Waals surface area contributed by atoms with Gasteiger partial charge in [-0.2, -0.15) is 5.10 Å². The minimum Gasteiger partial charge on any atom is -0.299 e. The van der Waals surface area contributed by atoms with Crippen LogP contribution < -0.4 is 5.43 Å². The molecule has 2 heterocycles. The summed E-state index contributed by atoms with van der Waals surface area (Å²) < 4.78 is 2.02. The fourth-order valence-electron chi connectivity index (χ4n) is 2.67. The second kappa shape index (κ2) is 6.79. The van der Waals surface area contributed by atoms with E-state index in [1.807, 2.05) is 83.4 Å². The van der Waals surface area contributed by atoms with E-state index in [4.69, 9.17) is 16.6 Å². The molecule has 0 aliphatic carbocycles. The minimum absolute atomic E-state index is 0.671. The Kier molecular flexibility index (Phi) is 4.19. The van der Waals surface area contributed by atoms with Gasteiger partial charge in [0, 0.05) is 11.8 Å². The average Bonchev–Trinajstić information content (AvgIpc) is 3.02. The molecule has 0 saturated heterocycles. The molecule has 122 valence electrons. The van der Waals surface area contributed by atoms with Crippen molar-refractivity contribution in [2.24, 2.45) is 5.10 Å². The first kappa shape index (κ1) is 15.4. The van der Waals surface area contributed by atoms with Crippen molar-refractivity contribution >= 4 is 29.0 Å². The fourth-order valence-corrected chi connectivity index (χ4v) is 2.89. The molecule has 0 unspecified atom stereocenters. The highest BCUT2D eigenvalue weighted by molar-refractivity contribution is 6.33. The van der Waals surface area contributed by atoms with Crippen LogP contribution in [0.5, 0.6) is 0 Å². The van der Waals surface area contributed by atoms with Gasteiger partial charge in [-0.15, -0.1) is 0 Å². The van der Waals surface area contributed by atoms with Crippen molar-refractivity contribution in [3.05, 3.63) is 89.7 Å². The second-order valence-electron chi connectivity index (χ2n) is 5.49. The summed E-state index contributed by atoms with van der Waals surface area (Å²) in [5, 5.41) is 4.98. The number of halogens is 1. The number of rotatable bonds is 4. The smallest absolute Gasteiger partial charge is 0.146 e. The Morgan fingerprint density at radius 2 is 1.68 bits per heavy atom. The van der Waals surface area contributed by atoms with E-state index in [2.05, 4.69) is 10.5 Å². The van der Waals surface area contributed by atoms with Crippen LogP contribution >= 0.6 is 11.6 Å². The maximum atomic E-state index is 6.35. The van der Waals surface area contributed by atoms with E-state index in [1.54, 1.807) is 6.21 Å². The number of aromatic nitrogens is 2. The first-order valence-corrected chi connectivity index (χ1v) is 8.27. The second-order valence-corrected chi connectivity index (χ2v) is 5.90. The number of nitrogens with one attached hydrogen (secondary N) is 1. The Hall–Kier alpha value is -3.11. The average molecular weight is 347 g/mol. The molecular formula is C20H15ClN4. The highest BCUT2D eigenvalue weighted by atomic mass is 35.5. The third kappa shape index (κ3) is 3.12. The molecule has 2 aromatic heterocycles. The molecule has 4 rings (SSSR count). The number of hydrogen-bond donors (Lipinski definition) is 1. The molecule has 0 spiro atoms. The summed E-state index contributed by atoms with van der Waals surface area (Å²) in [6.07, 6.45) is 3.70. The van der Waals surface area contributed by atoms with Crippen LogP contribution in [-0.2, 0) is 0 Å². The van der Waals surface area contributed by atoms with Crippen LogP contribution in [0.1, 0.15) is 5.69 Å². The van der Waals surface area contributed by atoms with Gasteiger partial charge in [0.05, 0.1) is 22.4 Å². The van der Waals surface area contributed by atoms with Crippen molar-refractivity contribution in [2.75, 3.05) is 5.43 Å². The number of hydrazone groups is 1. The number of para-hydroxylation sites is 1. The summed E-state index contributed by atoms with van der Waals surface area (Å²) in [7, 11) is 0. The Morgan fingerprint density at radius 1 is 0.920 bits per heavy atom. The van der Waals surface area contributed by atoms with E-state index in [1.165, 1.54) is 0 Å². The molecule has 1 N–H and O–H groups in total. The predicted molar refractivity (Wildman–Crippen MR) is 103 cm³/mol. The van der Waals surface area contributed by atoms with Gasteiger partial charge in [-0.3, -0.25) is 9.83 Å². The van der Waals surface area contributed by atoms with Crippen molar-refractivity contribution in [1.29, 1.82) is 0 Å². The SMILES string of the molecule is Clc1ccccc1-c1nc(/C=N\Nc2ccccc2)c2ccccn12. The largest absolute Gasteiger partial charge is 0.299 e. The van der Waals surface area contributed by atoms with E-state index >= 15 is 0 Å². The van der Waals surface area contributed by atoms with Crippen molar-refractivity contribution in [3.8, 4) is 11.4 Å². The van der Waals surface area contributed by atoms with Crippen LogP contribution in [0, 0.1) is 0 Å². The Bertz CT molecular complexity index is 1040. The van der Waals surface area contributed by atoms with Crippen LogP contribution in [0.2, 0.25) is 5.02 Å². The molecule has 25 heavy (non-hydrogen) atoms. The molecule has 0 atom stereocenters. The maximum absolute atomic E-state index is 6.35. The molecule has 0 amide bonds. The lowest BCUT2D eigenvalue weighted by Crippen LogP contribution is -1.91. The lowest BCUT2D eigenvalue weighted by Gasteiger charge is -2.02. The van der Waals surface area contributed by atoms with Gasteiger partial charge in [-0.25, -0.2) is 4.98 Å². The van der Waals surface area contributed by atoms with Crippen LogP contribution in [0.3, 0.4) is 0 Å². The fraction of sp³-hybridized carbons (Fsp3) is 0. The van der Waals surface area contributed by atoms with Crippen molar-refractivity contribution in [3.63, 3.8) is 0 Å². The van der Waals surface area contributed by atoms with Gasteiger partial charge in [0.15, 0.2) is 0 Å². The number of imidazole rings is 1. The number of benzene rings is 2. The highest BCUT2D eigenvalue weighted by Gasteiger charge is 2.13. The minimum atomic E-state index is 0.671. The third-order valence-electron chi connectivity index (χ3n) is 3.85. The molecule has 5 heteroatoms. The van der Waals surface area contributed by atoms with Crippen molar-refractivity contribution in [2.45, 2.75) is 0 Å². The lowest BCUT2D eigenvalue weighted by molar-refractivity contribution is 1.16. The summed E-state index contributed by atoms with van der Waals surface area (Å²) in [6.45, 7) is 0. The van der Waals surface area contributed by atoms with Crippen molar-refractivity contribution < 1.29 is 0 Å². The third-order valence-corrected chi connectivity index (χ3v) is 4.18. The van der Waals surface area contributed by atoms with Crippen molar-refractivity contribution in [1.82, 2.24) is 9.38 Å². The molecule has 4 nitrogen and oxygen atoms in total. The molecule has 0 bridgehead atoms. The Morgan fingerprint density at radius 3 is 2.52 bits per heavy atom. The summed E-state index contributed by atoms with van der Waals surface area (Å²) in [4.78, 5) is 4.74. The Balaban J connectivity index is 1.74. The number of hydrogen-bond acceptors (Lipinski definition) is 3. The summed E-state index contributed by atoms with van der Waals surface area (Å²) >= 11 is 6.35. The summed E-state index contributed by atoms with van der Waals surface area (Å²) in [6, 6.07) is 23.5. The number of pyridine rings is 1. The van der Waals surface area contributed by atoms with Gasteiger partial charge in [0.2, 0.25) is 0 Å². The van der Waals surface area contributed by atoms with E-state index in [0.717, 1.165) is 28.3 Å². The lowest BCUT2D eigenvalue weighted by atomic mass is 10.2. The number of fused-ring (bicyclic) bond motifs is 1. The van der Waals surface area contributed by atoms with Crippen LogP contribution in [-0.4, -0.2) is 15.6 Å². The van der Waals surface area contributed by atoms with Gasteiger partial charge in [-0.05, 0) is 36.4 Å².